The minimum atomic E-state index is -0.159. The normalized spacial score (nSPS) is 12.3. The molecule has 0 fully saturated rings. The second-order valence-corrected chi connectivity index (χ2v) is 12.9. The van der Waals surface area contributed by atoms with Crippen molar-refractivity contribution in [3.63, 3.8) is 0 Å². The number of benzene rings is 4. The van der Waals surface area contributed by atoms with E-state index < -0.39 is 0 Å². The van der Waals surface area contributed by atoms with E-state index in [1.165, 1.54) is 11.6 Å². The molecule has 8 rings (SSSR count). The van der Waals surface area contributed by atoms with Crippen molar-refractivity contribution in [1.82, 2.24) is 9.13 Å². The highest BCUT2D eigenvalue weighted by Crippen LogP contribution is 2.37. The molecule has 8 nitrogen and oxygen atoms in total. The van der Waals surface area contributed by atoms with Gasteiger partial charge in [-0.05, 0) is 85.3 Å². The van der Waals surface area contributed by atoms with E-state index in [0.29, 0.717) is 32.1 Å². The van der Waals surface area contributed by atoms with Gasteiger partial charge in [0.2, 0.25) is 0 Å². The van der Waals surface area contributed by atoms with Gasteiger partial charge in [-0.25, -0.2) is 0 Å². The predicted octanol–water partition coefficient (Wildman–Crippen LogP) is 7.63. The Kier molecular flexibility index (Phi) is 9.49. The topological polar surface area (TPSA) is 91.9 Å². The fourth-order valence-electron chi connectivity index (χ4n) is 6.96. The SMILES string of the molecule is COc1cc(=O)n2c(c1C)-c1ccc(OCc3ccccc3)cc1CC2.Cc1c(O)cc(=O)n2c1-c1ccc(OCc3ccccc3)cc1CC2. The first-order chi connectivity index (χ1) is 24.8. The van der Waals surface area contributed by atoms with Crippen LogP contribution < -0.4 is 25.3 Å². The van der Waals surface area contributed by atoms with Crippen molar-refractivity contribution in [2.45, 2.75) is 53.0 Å². The number of aromatic nitrogens is 2. The Labute approximate surface area is 296 Å². The molecule has 51 heavy (non-hydrogen) atoms. The fraction of sp³-hybridized carbons (Fsp3) is 0.209. The highest BCUT2D eigenvalue weighted by atomic mass is 16.5. The Morgan fingerprint density at radius 1 is 0.608 bits per heavy atom. The molecule has 0 unspecified atom stereocenters. The molecule has 2 aliphatic heterocycles. The van der Waals surface area contributed by atoms with Gasteiger partial charge in [-0.2, -0.15) is 0 Å². The van der Waals surface area contributed by atoms with E-state index in [1.54, 1.807) is 17.7 Å². The zero-order valence-corrected chi connectivity index (χ0v) is 29.0. The van der Waals surface area contributed by atoms with Gasteiger partial charge >= 0.3 is 0 Å². The molecule has 4 heterocycles. The van der Waals surface area contributed by atoms with Crippen LogP contribution >= 0.6 is 0 Å². The standard InChI is InChI=1S/C22H21NO3.C21H19NO3/c1-15-20(25-2)13-21(24)23-11-10-17-12-18(8-9-19(17)22(15)23)26-14-16-6-4-3-5-7-16;1-14-19(23)12-20(24)22-10-9-16-11-17(7-8-18(16)21(14)22)25-13-15-5-3-2-4-6-15/h3-9,12-13H,10-11,14H2,1-2H3;2-8,11-12,23H,9-10,13H2,1H3. The molecule has 2 aliphatic rings. The summed E-state index contributed by atoms with van der Waals surface area (Å²) in [6.45, 7) is 6.20. The third-order valence-corrected chi connectivity index (χ3v) is 9.64. The lowest BCUT2D eigenvalue weighted by atomic mass is 9.94. The molecule has 8 heteroatoms. The summed E-state index contributed by atoms with van der Waals surface area (Å²) in [6.07, 6.45) is 1.59. The maximum Gasteiger partial charge on any atom is 0.254 e. The van der Waals surface area contributed by atoms with Crippen LogP contribution in [0.25, 0.3) is 22.5 Å². The summed E-state index contributed by atoms with van der Waals surface area (Å²) >= 11 is 0. The Bertz CT molecular complexity index is 2330. The molecule has 4 aromatic carbocycles. The molecule has 258 valence electrons. The number of rotatable bonds is 7. The summed E-state index contributed by atoms with van der Waals surface area (Å²) in [7, 11) is 1.60. The smallest absolute Gasteiger partial charge is 0.254 e. The Morgan fingerprint density at radius 2 is 1.08 bits per heavy atom. The average Bonchev–Trinajstić information content (AvgIpc) is 3.16. The molecular weight excluding hydrogens is 640 g/mol. The van der Waals surface area contributed by atoms with E-state index in [2.05, 4.69) is 18.2 Å². The van der Waals surface area contributed by atoms with Gasteiger partial charge in [0.1, 0.15) is 36.2 Å². The maximum atomic E-state index is 12.4. The van der Waals surface area contributed by atoms with Crippen LogP contribution in [0.15, 0.2) is 119 Å². The summed E-state index contributed by atoms with van der Waals surface area (Å²) in [5.41, 5.74) is 9.98. The average molecular weight is 681 g/mol. The van der Waals surface area contributed by atoms with Gasteiger partial charge in [0.05, 0.1) is 18.5 Å². The molecular formula is C43H40N2O6. The van der Waals surface area contributed by atoms with Gasteiger partial charge in [-0.3, -0.25) is 9.59 Å². The van der Waals surface area contributed by atoms with E-state index in [1.807, 2.05) is 97.3 Å². The number of ether oxygens (including phenoxy) is 3. The summed E-state index contributed by atoms with van der Waals surface area (Å²) < 4.78 is 20.8. The van der Waals surface area contributed by atoms with Crippen molar-refractivity contribution >= 4 is 0 Å². The first kappa shape index (κ1) is 33.5. The molecule has 2 aromatic heterocycles. The molecule has 0 saturated carbocycles. The van der Waals surface area contributed by atoms with Crippen LogP contribution in [-0.2, 0) is 39.1 Å². The number of pyridine rings is 2. The van der Waals surface area contributed by atoms with Gasteiger partial charge in [0.25, 0.3) is 11.1 Å². The summed E-state index contributed by atoms with van der Waals surface area (Å²) in [4.78, 5) is 24.5. The number of aryl methyl sites for hydroxylation is 2. The second-order valence-electron chi connectivity index (χ2n) is 12.9. The molecule has 0 amide bonds. The molecule has 0 bridgehead atoms. The van der Waals surface area contributed by atoms with Gasteiger partial charge in [0, 0.05) is 47.5 Å². The second kappa shape index (κ2) is 14.5. The van der Waals surface area contributed by atoms with Crippen molar-refractivity contribution in [3.05, 3.63) is 163 Å². The molecule has 6 aromatic rings. The summed E-state index contributed by atoms with van der Waals surface area (Å²) in [6, 6.07) is 35.1. The molecule has 0 spiro atoms. The van der Waals surface area contributed by atoms with Crippen LogP contribution in [0, 0.1) is 13.8 Å². The van der Waals surface area contributed by atoms with Gasteiger partial charge in [-0.15, -0.1) is 0 Å². The van der Waals surface area contributed by atoms with Crippen molar-refractivity contribution < 1.29 is 19.3 Å². The van der Waals surface area contributed by atoms with Crippen LogP contribution in [0.5, 0.6) is 23.0 Å². The number of nitrogens with zero attached hydrogens (tertiary/aromatic N) is 2. The largest absolute Gasteiger partial charge is 0.507 e. The van der Waals surface area contributed by atoms with Crippen molar-refractivity contribution in [2.75, 3.05) is 7.11 Å². The van der Waals surface area contributed by atoms with Crippen molar-refractivity contribution in [2.24, 2.45) is 0 Å². The molecule has 0 aliphatic carbocycles. The van der Waals surface area contributed by atoms with Crippen LogP contribution in [0.4, 0.5) is 0 Å². The number of hydrogen-bond acceptors (Lipinski definition) is 6. The molecule has 0 saturated heterocycles. The highest BCUT2D eigenvalue weighted by molar-refractivity contribution is 5.73. The third-order valence-electron chi connectivity index (χ3n) is 9.64. The number of aromatic hydroxyl groups is 1. The minimum Gasteiger partial charge on any atom is -0.507 e. The van der Waals surface area contributed by atoms with Crippen molar-refractivity contribution in [1.29, 1.82) is 0 Å². The fourth-order valence-corrected chi connectivity index (χ4v) is 6.96. The van der Waals surface area contributed by atoms with E-state index in [0.717, 1.165) is 74.7 Å². The lowest BCUT2D eigenvalue weighted by molar-refractivity contribution is 0.305. The van der Waals surface area contributed by atoms with E-state index >= 15 is 0 Å². The van der Waals surface area contributed by atoms with Crippen LogP contribution in [0.3, 0.4) is 0 Å². The van der Waals surface area contributed by atoms with Crippen LogP contribution in [0.1, 0.15) is 33.4 Å². The first-order valence-corrected chi connectivity index (χ1v) is 17.1. The van der Waals surface area contributed by atoms with Gasteiger partial charge < -0.3 is 28.5 Å². The van der Waals surface area contributed by atoms with E-state index in [4.69, 9.17) is 14.2 Å². The van der Waals surface area contributed by atoms with E-state index in [-0.39, 0.29) is 16.9 Å². The molecule has 0 atom stereocenters. The minimum absolute atomic E-state index is 0.0162. The summed E-state index contributed by atoms with van der Waals surface area (Å²) in [5.74, 6) is 2.35. The van der Waals surface area contributed by atoms with Crippen LogP contribution in [0.2, 0.25) is 0 Å². The third kappa shape index (κ3) is 6.90. The van der Waals surface area contributed by atoms with Gasteiger partial charge in [0.15, 0.2) is 0 Å². The Hall–Kier alpha value is -6.02. The number of methoxy groups -OCH3 is 1. The molecule has 0 radical (unpaired) electrons. The molecule has 1 N–H and O–H groups in total. The van der Waals surface area contributed by atoms with Gasteiger partial charge in [-0.1, -0.05) is 60.7 Å². The zero-order valence-electron chi connectivity index (χ0n) is 29.0. The predicted molar refractivity (Wildman–Crippen MR) is 199 cm³/mol. The summed E-state index contributed by atoms with van der Waals surface area (Å²) in [5, 5.41) is 10.0. The van der Waals surface area contributed by atoms with Crippen LogP contribution in [-0.4, -0.2) is 21.4 Å². The first-order valence-electron chi connectivity index (χ1n) is 17.1. The van der Waals surface area contributed by atoms with E-state index in [9.17, 15) is 14.7 Å². The maximum absolute atomic E-state index is 12.4. The number of hydrogen-bond donors (Lipinski definition) is 1. The number of fused-ring (bicyclic) bond motifs is 6. The zero-order chi connectivity index (χ0) is 35.5. The monoisotopic (exact) mass is 680 g/mol. The highest BCUT2D eigenvalue weighted by Gasteiger charge is 2.23. The lowest BCUT2D eigenvalue weighted by Crippen LogP contribution is -2.26. The Morgan fingerprint density at radius 3 is 1.57 bits per heavy atom. The lowest BCUT2D eigenvalue weighted by Gasteiger charge is -2.25. The Balaban J connectivity index is 0.000000159. The van der Waals surface area contributed by atoms with Crippen molar-refractivity contribution in [3.8, 4) is 45.5 Å². The quantitative estimate of drug-likeness (QED) is 0.187.